The van der Waals surface area contributed by atoms with Gasteiger partial charge in [0.1, 0.15) is 47.3 Å². The van der Waals surface area contributed by atoms with Crippen molar-refractivity contribution in [3.05, 3.63) is 83.4 Å². The van der Waals surface area contributed by atoms with Crippen LogP contribution < -0.4 is 31.3 Å². The van der Waals surface area contributed by atoms with Crippen LogP contribution in [-0.4, -0.2) is 81.9 Å². The average molecular weight is 898 g/mol. The number of azo groups is 1. The Morgan fingerprint density at radius 2 is 1.14 bits per heavy atom. The second-order valence-electron chi connectivity index (χ2n) is 18.0. The Bertz CT molecular complexity index is 2210. The Balaban J connectivity index is 1.54. The summed E-state index contributed by atoms with van der Waals surface area (Å²) in [7, 11) is 0. The molecular weight excluding hydrogens is 835 g/mol. The predicted octanol–water partition coefficient (Wildman–Crippen LogP) is 5.82. The molecule has 1 aliphatic rings. The summed E-state index contributed by atoms with van der Waals surface area (Å²) in [6, 6.07) is 11.9. The number of ether oxygens (including phenoxy) is 1. The molecule has 5 amide bonds. The molecule has 3 aromatic rings. The molecule has 0 saturated carbocycles. The molecule has 17 heteroatoms. The predicted molar refractivity (Wildman–Crippen MR) is 243 cm³/mol. The van der Waals surface area contributed by atoms with E-state index in [-0.39, 0.29) is 79.2 Å². The lowest BCUT2D eigenvalue weighted by Crippen LogP contribution is -2.59. The maximum Gasteiger partial charge on any atom is 0.339 e. The molecule has 0 aliphatic carbocycles. The summed E-state index contributed by atoms with van der Waals surface area (Å²) < 4.78 is 5.61. The van der Waals surface area contributed by atoms with Crippen LogP contribution >= 0.6 is 0 Å². The van der Waals surface area contributed by atoms with Gasteiger partial charge in [0, 0.05) is 6.42 Å². The first-order valence-electron chi connectivity index (χ1n) is 22.1. The van der Waals surface area contributed by atoms with E-state index < -0.39 is 77.4 Å². The Kier molecular flexibility index (Phi) is 18.7. The molecule has 65 heavy (non-hydrogen) atoms. The van der Waals surface area contributed by atoms with E-state index in [1.54, 1.807) is 62.4 Å². The van der Waals surface area contributed by atoms with Gasteiger partial charge in [-0.1, -0.05) is 85.7 Å². The molecule has 1 fully saturated rings. The Labute approximate surface area is 380 Å². The Morgan fingerprint density at radius 3 is 1.68 bits per heavy atom. The third-order valence-corrected chi connectivity index (χ3v) is 10.6. The molecule has 3 aromatic carbocycles. The molecule has 0 spiro atoms. The first kappa shape index (κ1) is 51.0. The fraction of sp³-hybridized carbons (Fsp3) is 0.479. The van der Waals surface area contributed by atoms with Crippen LogP contribution in [0.3, 0.4) is 0 Å². The van der Waals surface area contributed by atoms with E-state index in [1.807, 2.05) is 41.5 Å². The number of carboxylic acid groups (broad SMARTS) is 1. The number of benzene rings is 3. The number of esters is 1. The summed E-state index contributed by atoms with van der Waals surface area (Å²) >= 11 is 0. The van der Waals surface area contributed by atoms with Gasteiger partial charge in [0.05, 0.1) is 17.8 Å². The summed E-state index contributed by atoms with van der Waals surface area (Å²) in [4.78, 5) is 94.1. The van der Waals surface area contributed by atoms with Crippen molar-refractivity contribution < 1.29 is 48.5 Å². The number of hydrogen-bond acceptors (Lipinski definition) is 11. The third-order valence-electron chi connectivity index (χ3n) is 10.6. The minimum absolute atomic E-state index is 0.00155. The van der Waals surface area contributed by atoms with Gasteiger partial charge in [-0.3, -0.25) is 28.8 Å². The monoisotopic (exact) mass is 897 g/mol. The van der Waals surface area contributed by atoms with Crippen LogP contribution in [-0.2, 0) is 41.6 Å². The summed E-state index contributed by atoms with van der Waals surface area (Å²) in [6.07, 6.45) is 0.952. The maximum absolute atomic E-state index is 14.2. The van der Waals surface area contributed by atoms with Gasteiger partial charge >= 0.3 is 11.9 Å². The van der Waals surface area contributed by atoms with Crippen LogP contribution in [0.2, 0.25) is 0 Å². The van der Waals surface area contributed by atoms with Gasteiger partial charge in [0.25, 0.3) is 0 Å². The summed E-state index contributed by atoms with van der Waals surface area (Å²) in [5, 5.41) is 41.6. The average Bonchev–Trinajstić information content (AvgIpc) is 3.23. The molecule has 1 aliphatic heterocycles. The van der Waals surface area contributed by atoms with Crippen molar-refractivity contribution in [2.24, 2.45) is 33.9 Å². The lowest BCUT2D eigenvalue weighted by atomic mass is 9.98. The van der Waals surface area contributed by atoms with Crippen molar-refractivity contribution >= 4 is 52.8 Å². The number of nitrogens with zero attached hydrogens (tertiary/aromatic N) is 2. The quantitative estimate of drug-likeness (QED) is 0.0515. The highest BCUT2D eigenvalue weighted by atomic mass is 16.5. The van der Waals surface area contributed by atoms with Crippen molar-refractivity contribution in [1.29, 1.82) is 0 Å². The second-order valence-corrected chi connectivity index (χ2v) is 18.0. The van der Waals surface area contributed by atoms with E-state index in [2.05, 4.69) is 36.8 Å². The topological polar surface area (TPSA) is 254 Å². The van der Waals surface area contributed by atoms with Gasteiger partial charge in [-0.05, 0) is 96.9 Å². The maximum atomic E-state index is 14.2. The van der Waals surface area contributed by atoms with E-state index in [0.29, 0.717) is 16.8 Å². The molecule has 1 saturated heterocycles. The lowest BCUT2D eigenvalue weighted by Gasteiger charge is -2.28. The van der Waals surface area contributed by atoms with Crippen LogP contribution in [0.15, 0.2) is 77.0 Å². The van der Waals surface area contributed by atoms with Crippen molar-refractivity contribution in [2.75, 3.05) is 0 Å². The van der Waals surface area contributed by atoms with Crippen molar-refractivity contribution in [2.45, 2.75) is 124 Å². The SMILES string of the molecule is CC(C)CC1NC(=O)C(Cc2ccc(OC(=O)CCc3ccccc3/N=N/c3ccc(O)c(C(=O)O)c3)cc2)NC(=O)C(CC(C)C)NC(=O)C(C(C)C)NC(=O)C(CC(C)C)NC1=O. The molecule has 7 N–H and O–H groups in total. The minimum Gasteiger partial charge on any atom is -0.507 e. The van der Waals surface area contributed by atoms with Crippen LogP contribution in [0, 0.1) is 23.7 Å². The zero-order valence-electron chi connectivity index (χ0n) is 38.3. The van der Waals surface area contributed by atoms with Crippen molar-refractivity contribution in [3.63, 3.8) is 0 Å². The normalized spacial score (nSPS) is 20.2. The van der Waals surface area contributed by atoms with Gasteiger partial charge in [-0.25, -0.2) is 4.79 Å². The van der Waals surface area contributed by atoms with Crippen LogP contribution in [0.4, 0.5) is 11.4 Å². The number of phenols is 1. The summed E-state index contributed by atoms with van der Waals surface area (Å²) in [5.74, 6) is -5.39. The number of carboxylic acids is 1. The van der Waals surface area contributed by atoms with E-state index in [0.717, 1.165) is 0 Å². The molecule has 5 unspecified atom stereocenters. The lowest BCUT2D eigenvalue weighted by molar-refractivity contribution is -0.135. The molecule has 4 rings (SSSR count). The van der Waals surface area contributed by atoms with Gasteiger partial charge < -0.3 is 41.5 Å². The van der Waals surface area contributed by atoms with Crippen molar-refractivity contribution in [3.8, 4) is 11.5 Å². The highest BCUT2D eigenvalue weighted by Gasteiger charge is 2.36. The highest BCUT2D eigenvalue weighted by Crippen LogP contribution is 2.27. The van der Waals surface area contributed by atoms with E-state index in [9.17, 15) is 43.8 Å². The number of aromatic hydroxyl groups is 1. The number of aryl methyl sites for hydroxylation is 1. The smallest absolute Gasteiger partial charge is 0.339 e. The van der Waals surface area contributed by atoms with Gasteiger partial charge in [0.15, 0.2) is 0 Å². The van der Waals surface area contributed by atoms with E-state index in [4.69, 9.17) is 4.74 Å². The number of carbonyl (C=O) groups excluding carboxylic acids is 6. The number of nitrogens with one attached hydrogen (secondary N) is 5. The largest absolute Gasteiger partial charge is 0.507 e. The molecular formula is C48H63N7O10. The van der Waals surface area contributed by atoms with Crippen LogP contribution in [0.1, 0.15) is 103 Å². The van der Waals surface area contributed by atoms with E-state index >= 15 is 0 Å². The summed E-state index contributed by atoms with van der Waals surface area (Å²) in [5.41, 5.74) is 1.63. The standard InChI is InChI=1S/C48H63N7O10/c1-26(2)21-36-43(58)50-38(23-28(5)6)46(61)53-42(29(7)8)47(62)52-37(22-27(3)4)44(59)51-39(45(60)49-36)24-30-13-17-33(18-14-30)65-41(57)20-15-31-11-9-10-12-35(31)55-54-32-16-19-40(56)34(25-32)48(63)64/h9-14,16-19,25-29,36-39,42,56H,15,20-24H2,1-8H3,(H,49,60)(H,50,58)(H,51,59)(H,52,62)(H,53,61)(H,63,64)/b55-54+. The number of amides is 5. The number of rotatable bonds is 16. The Morgan fingerprint density at radius 1 is 0.631 bits per heavy atom. The van der Waals surface area contributed by atoms with Gasteiger partial charge in [-0.15, -0.1) is 0 Å². The van der Waals surface area contributed by atoms with Crippen LogP contribution in [0.25, 0.3) is 0 Å². The fourth-order valence-electron chi connectivity index (χ4n) is 7.22. The van der Waals surface area contributed by atoms with Gasteiger partial charge in [-0.2, -0.15) is 10.2 Å². The molecule has 0 bridgehead atoms. The number of hydrogen-bond donors (Lipinski definition) is 7. The molecule has 1 heterocycles. The number of carbonyl (C=O) groups is 7. The van der Waals surface area contributed by atoms with Gasteiger partial charge in [0.2, 0.25) is 29.5 Å². The summed E-state index contributed by atoms with van der Waals surface area (Å²) in [6.45, 7) is 14.9. The molecule has 5 atom stereocenters. The number of aromatic carboxylic acids is 1. The molecule has 350 valence electrons. The molecule has 0 radical (unpaired) electrons. The minimum atomic E-state index is -1.31. The highest BCUT2D eigenvalue weighted by molar-refractivity contribution is 5.98. The van der Waals surface area contributed by atoms with E-state index in [1.165, 1.54) is 18.2 Å². The molecule has 17 nitrogen and oxygen atoms in total. The zero-order valence-corrected chi connectivity index (χ0v) is 38.3. The molecule has 0 aromatic heterocycles. The van der Waals surface area contributed by atoms with Crippen LogP contribution in [0.5, 0.6) is 11.5 Å². The fourth-order valence-corrected chi connectivity index (χ4v) is 7.22. The second kappa shape index (κ2) is 23.9. The van der Waals surface area contributed by atoms with Crippen molar-refractivity contribution in [1.82, 2.24) is 26.6 Å². The first-order chi connectivity index (χ1) is 30.7. The third kappa shape index (κ3) is 15.8. The first-order valence-corrected chi connectivity index (χ1v) is 22.1. The zero-order chi connectivity index (χ0) is 48.0. The Hall–Kier alpha value is -6.65.